The van der Waals surface area contributed by atoms with Crippen LogP contribution < -0.4 is 5.32 Å². The molecule has 2 aromatic rings. The maximum Gasteiger partial charge on any atom is 0.147 e. The zero-order valence-corrected chi connectivity index (χ0v) is 14.9. The number of nitrogens with one attached hydrogen (secondary N) is 1. The molecular weight excluding hydrogens is 324 g/mol. The number of fused-ring (bicyclic) bond motifs is 1. The Labute approximate surface area is 149 Å². The summed E-state index contributed by atoms with van der Waals surface area (Å²) in [5.41, 5.74) is 2.49. The topological polar surface area (TPSA) is 58.9 Å². The van der Waals surface area contributed by atoms with E-state index in [4.69, 9.17) is 0 Å². The van der Waals surface area contributed by atoms with Gasteiger partial charge in [-0.2, -0.15) is 0 Å². The molecule has 0 saturated carbocycles. The van der Waals surface area contributed by atoms with E-state index in [-0.39, 0.29) is 12.4 Å². The molecule has 1 N–H and O–H groups in total. The minimum atomic E-state index is 0. The lowest BCUT2D eigenvalue weighted by atomic mass is 9.95. The first kappa shape index (κ1) is 17.3. The van der Waals surface area contributed by atoms with E-state index in [0.29, 0.717) is 5.92 Å². The van der Waals surface area contributed by atoms with Gasteiger partial charge < -0.3 is 9.88 Å². The van der Waals surface area contributed by atoms with E-state index in [9.17, 15) is 0 Å². The van der Waals surface area contributed by atoms with Gasteiger partial charge in [0.2, 0.25) is 0 Å². The average molecular weight is 349 g/mol. The van der Waals surface area contributed by atoms with Gasteiger partial charge in [0.25, 0.3) is 0 Å². The summed E-state index contributed by atoms with van der Waals surface area (Å²) in [5.74, 6) is 2.86. The van der Waals surface area contributed by atoms with Gasteiger partial charge in [-0.1, -0.05) is 6.07 Å². The SMILES string of the molecule is Cc1ncccc1CN1CCC(c2nnc3n2CCNC3)CC1.Cl. The first-order valence-corrected chi connectivity index (χ1v) is 8.57. The molecule has 2 aliphatic rings. The third-order valence-electron chi connectivity index (χ3n) is 5.11. The second-order valence-corrected chi connectivity index (χ2v) is 6.60. The fourth-order valence-corrected chi connectivity index (χ4v) is 3.69. The van der Waals surface area contributed by atoms with Crippen molar-refractivity contribution in [2.24, 2.45) is 0 Å². The number of piperidine rings is 1. The Morgan fingerprint density at radius 3 is 2.83 bits per heavy atom. The fraction of sp³-hybridized carbons (Fsp3) is 0.588. The van der Waals surface area contributed by atoms with Crippen LogP contribution in [0, 0.1) is 6.92 Å². The summed E-state index contributed by atoms with van der Waals surface area (Å²) in [6.45, 7) is 8.24. The van der Waals surface area contributed by atoms with E-state index in [2.05, 4.69) is 43.0 Å². The lowest BCUT2D eigenvalue weighted by Crippen LogP contribution is -2.35. The molecule has 2 aliphatic heterocycles. The van der Waals surface area contributed by atoms with Crippen LogP contribution in [0.3, 0.4) is 0 Å². The van der Waals surface area contributed by atoms with Crippen LogP contribution in [0.5, 0.6) is 0 Å². The molecule has 0 bridgehead atoms. The van der Waals surface area contributed by atoms with E-state index in [1.807, 2.05) is 12.3 Å². The number of aryl methyl sites for hydroxylation is 1. The van der Waals surface area contributed by atoms with Gasteiger partial charge in [0.1, 0.15) is 11.6 Å². The van der Waals surface area contributed by atoms with E-state index in [1.165, 1.54) is 24.2 Å². The van der Waals surface area contributed by atoms with Crippen LogP contribution in [-0.4, -0.2) is 44.3 Å². The summed E-state index contributed by atoms with van der Waals surface area (Å²) < 4.78 is 2.34. The summed E-state index contributed by atoms with van der Waals surface area (Å²) >= 11 is 0. The van der Waals surface area contributed by atoms with E-state index >= 15 is 0 Å². The van der Waals surface area contributed by atoms with Crippen LogP contribution in [0.25, 0.3) is 0 Å². The molecule has 1 saturated heterocycles. The highest BCUT2D eigenvalue weighted by Crippen LogP contribution is 2.28. The molecule has 0 radical (unpaired) electrons. The Morgan fingerprint density at radius 1 is 1.21 bits per heavy atom. The van der Waals surface area contributed by atoms with Crippen molar-refractivity contribution < 1.29 is 0 Å². The van der Waals surface area contributed by atoms with Crippen LogP contribution in [0.2, 0.25) is 0 Å². The number of rotatable bonds is 3. The van der Waals surface area contributed by atoms with E-state index < -0.39 is 0 Å². The predicted octanol–water partition coefficient (Wildman–Crippen LogP) is 1.89. The smallest absolute Gasteiger partial charge is 0.147 e. The molecule has 7 heteroatoms. The molecular formula is C17H25ClN6. The number of likely N-dealkylation sites (tertiary alicyclic amines) is 1. The fourth-order valence-electron chi connectivity index (χ4n) is 3.69. The van der Waals surface area contributed by atoms with Crippen molar-refractivity contribution in [3.8, 4) is 0 Å². The second-order valence-electron chi connectivity index (χ2n) is 6.60. The predicted molar refractivity (Wildman–Crippen MR) is 95.2 cm³/mol. The van der Waals surface area contributed by atoms with Crippen LogP contribution in [0.1, 0.15) is 41.7 Å². The van der Waals surface area contributed by atoms with Gasteiger partial charge in [-0.3, -0.25) is 9.88 Å². The van der Waals surface area contributed by atoms with Crippen molar-refractivity contribution in [1.29, 1.82) is 0 Å². The molecule has 0 spiro atoms. The summed E-state index contributed by atoms with van der Waals surface area (Å²) in [7, 11) is 0. The number of aromatic nitrogens is 4. The highest BCUT2D eigenvalue weighted by molar-refractivity contribution is 5.85. The highest BCUT2D eigenvalue weighted by atomic mass is 35.5. The van der Waals surface area contributed by atoms with Gasteiger partial charge in [-0.25, -0.2) is 0 Å². The van der Waals surface area contributed by atoms with Gasteiger partial charge in [-0.15, -0.1) is 22.6 Å². The standard InChI is InChI=1S/C17H24N6.ClH/c1-13-15(3-2-6-19-13)12-22-8-4-14(5-9-22)17-21-20-16-11-18-7-10-23(16)17;/h2-3,6,14,18H,4-5,7-12H2,1H3;1H. The van der Waals surface area contributed by atoms with Gasteiger partial charge in [0.15, 0.2) is 0 Å². The molecule has 130 valence electrons. The first-order chi connectivity index (χ1) is 11.3. The summed E-state index contributed by atoms with van der Waals surface area (Å²) in [6.07, 6.45) is 4.21. The average Bonchev–Trinajstić information content (AvgIpc) is 3.02. The molecule has 2 aromatic heterocycles. The van der Waals surface area contributed by atoms with Crippen LogP contribution in [0.15, 0.2) is 18.3 Å². The molecule has 1 fully saturated rings. The Hall–Kier alpha value is -1.50. The van der Waals surface area contributed by atoms with Crippen molar-refractivity contribution in [1.82, 2.24) is 30.0 Å². The minimum Gasteiger partial charge on any atom is -0.312 e. The summed E-state index contributed by atoms with van der Waals surface area (Å²) in [6, 6.07) is 4.22. The first-order valence-electron chi connectivity index (χ1n) is 8.57. The van der Waals surface area contributed by atoms with Crippen LogP contribution in [-0.2, 0) is 19.6 Å². The van der Waals surface area contributed by atoms with Crippen LogP contribution in [0.4, 0.5) is 0 Å². The number of nitrogens with zero attached hydrogens (tertiary/aromatic N) is 5. The van der Waals surface area contributed by atoms with Crippen LogP contribution >= 0.6 is 12.4 Å². The molecule has 4 rings (SSSR count). The summed E-state index contributed by atoms with van der Waals surface area (Å²) in [4.78, 5) is 6.93. The highest BCUT2D eigenvalue weighted by Gasteiger charge is 2.27. The van der Waals surface area contributed by atoms with E-state index in [0.717, 1.165) is 50.8 Å². The maximum atomic E-state index is 4.49. The molecule has 0 aliphatic carbocycles. The molecule has 0 unspecified atom stereocenters. The monoisotopic (exact) mass is 348 g/mol. The Balaban J connectivity index is 0.00000169. The number of halogens is 1. The van der Waals surface area contributed by atoms with Crippen molar-refractivity contribution in [2.45, 2.75) is 45.3 Å². The largest absolute Gasteiger partial charge is 0.312 e. The zero-order valence-electron chi connectivity index (χ0n) is 14.1. The van der Waals surface area contributed by atoms with Crippen molar-refractivity contribution >= 4 is 12.4 Å². The second kappa shape index (κ2) is 7.59. The molecule has 0 atom stereocenters. The quantitative estimate of drug-likeness (QED) is 0.917. The number of hydrogen-bond donors (Lipinski definition) is 1. The van der Waals surface area contributed by atoms with Crippen molar-refractivity contribution in [3.63, 3.8) is 0 Å². The van der Waals surface area contributed by atoms with Gasteiger partial charge in [0.05, 0.1) is 6.54 Å². The molecule has 6 nitrogen and oxygen atoms in total. The van der Waals surface area contributed by atoms with Crippen molar-refractivity contribution in [2.75, 3.05) is 19.6 Å². The van der Waals surface area contributed by atoms with Gasteiger partial charge in [-0.05, 0) is 44.5 Å². The normalized spacial score (nSPS) is 18.9. The maximum absolute atomic E-state index is 4.49. The minimum absolute atomic E-state index is 0. The third kappa shape index (κ3) is 3.45. The summed E-state index contributed by atoms with van der Waals surface area (Å²) in [5, 5.41) is 12.2. The van der Waals surface area contributed by atoms with Crippen molar-refractivity contribution in [3.05, 3.63) is 41.2 Å². The van der Waals surface area contributed by atoms with E-state index in [1.54, 1.807) is 0 Å². The van der Waals surface area contributed by atoms with Gasteiger partial charge >= 0.3 is 0 Å². The Bertz CT molecular complexity index is 677. The lowest BCUT2D eigenvalue weighted by molar-refractivity contribution is 0.199. The lowest BCUT2D eigenvalue weighted by Gasteiger charge is -2.32. The zero-order chi connectivity index (χ0) is 15.6. The Morgan fingerprint density at radius 2 is 2.04 bits per heavy atom. The number of hydrogen-bond acceptors (Lipinski definition) is 5. The Kier molecular flexibility index (Phi) is 5.48. The molecule has 0 amide bonds. The molecule has 0 aromatic carbocycles. The van der Waals surface area contributed by atoms with Gasteiger partial charge in [0, 0.05) is 37.4 Å². The molecule has 24 heavy (non-hydrogen) atoms. The third-order valence-corrected chi connectivity index (χ3v) is 5.11. The number of pyridine rings is 1. The molecule has 4 heterocycles.